The lowest BCUT2D eigenvalue weighted by atomic mass is 10.0. The number of rotatable bonds is 1. The number of halogens is 5. The van der Waals surface area contributed by atoms with Crippen LogP contribution in [0.5, 0.6) is 0 Å². The maximum atomic E-state index is 13.4. The molecule has 1 N–H and O–H groups in total. The Hall–Kier alpha value is -1.85. The molecule has 1 aliphatic rings. The van der Waals surface area contributed by atoms with Crippen LogP contribution >= 0.6 is 0 Å². The highest BCUT2D eigenvalue weighted by atomic mass is 19.4. The minimum Gasteiger partial charge on any atom is -0.361 e. The van der Waals surface area contributed by atoms with Gasteiger partial charge in [-0.05, 0) is 18.6 Å². The van der Waals surface area contributed by atoms with Crippen molar-refractivity contribution in [2.75, 3.05) is 0 Å². The molecule has 1 nitrogen and oxygen atoms in total. The molecule has 0 atom stereocenters. The molecule has 0 bridgehead atoms. The molecule has 1 aromatic carbocycles. The lowest BCUT2D eigenvalue weighted by Gasteiger charge is -2.18. The highest BCUT2D eigenvalue weighted by molar-refractivity contribution is 5.66. The predicted molar refractivity (Wildman–Crippen MR) is 56.2 cm³/mol. The largest absolute Gasteiger partial charge is 0.414 e. The fraction of sp³-hybridized carbons (Fsp3) is 0.167. The Morgan fingerprint density at radius 2 is 1.83 bits per heavy atom. The number of dihydropyridines is 1. The zero-order valence-electron chi connectivity index (χ0n) is 8.98. The molecule has 0 fully saturated rings. The molecule has 0 aromatic heterocycles. The van der Waals surface area contributed by atoms with Crippen LogP contribution in [0.2, 0.25) is 0 Å². The molecule has 0 radical (unpaired) electrons. The van der Waals surface area contributed by atoms with E-state index in [-0.39, 0.29) is 17.7 Å². The first-order chi connectivity index (χ1) is 8.38. The molecule has 6 heteroatoms. The van der Waals surface area contributed by atoms with E-state index in [1.165, 1.54) is 12.1 Å². The molecular formula is C12H8F5N. The van der Waals surface area contributed by atoms with Gasteiger partial charge in [0.25, 0.3) is 0 Å². The number of hydrogen-bond acceptors (Lipinski definition) is 1. The van der Waals surface area contributed by atoms with Crippen molar-refractivity contribution in [3.05, 3.63) is 53.2 Å². The third-order valence-corrected chi connectivity index (χ3v) is 2.51. The summed E-state index contributed by atoms with van der Waals surface area (Å²) in [6, 6.07) is 2.90. The summed E-state index contributed by atoms with van der Waals surface area (Å²) in [5, 5.41) is 2.37. The van der Waals surface area contributed by atoms with Crippen molar-refractivity contribution in [1.29, 1.82) is 0 Å². The molecule has 2 rings (SSSR count). The van der Waals surface area contributed by atoms with Gasteiger partial charge in [0.1, 0.15) is 11.6 Å². The van der Waals surface area contributed by atoms with Crippen LogP contribution in [0.3, 0.4) is 0 Å². The van der Waals surface area contributed by atoms with E-state index in [0.717, 1.165) is 12.3 Å². The maximum absolute atomic E-state index is 13.4. The number of allylic oxidation sites excluding steroid dienone is 2. The van der Waals surface area contributed by atoms with E-state index >= 15 is 0 Å². The van der Waals surface area contributed by atoms with Gasteiger partial charge < -0.3 is 5.32 Å². The van der Waals surface area contributed by atoms with Crippen LogP contribution in [0.1, 0.15) is 12.0 Å². The zero-order chi connectivity index (χ0) is 13.3. The molecule has 0 amide bonds. The predicted octanol–water partition coefficient (Wildman–Crippen LogP) is 3.75. The SMILES string of the molecule is Fc1ccc(C2=CCC(C(F)(F)F)=CN2)c(F)c1. The molecule has 0 aliphatic carbocycles. The average Bonchev–Trinajstić information content (AvgIpc) is 2.28. The highest BCUT2D eigenvalue weighted by Gasteiger charge is 2.34. The fourth-order valence-corrected chi connectivity index (χ4v) is 1.59. The van der Waals surface area contributed by atoms with E-state index in [2.05, 4.69) is 5.32 Å². The smallest absolute Gasteiger partial charge is 0.361 e. The Morgan fingerprint density at radius 3 is 2.33 bits per heavy atom. The van der Waals surface area contributed by atoms with Crippen LogP contribution in [0, 0.1) is 11.6 Å². The van der Waals surface area contributed by atoms with Crippen molar-refractivity contribution in [3.8, 4) is 0 Å². The van der Waals surface area contributed by atoms with Gasteiger partial charge in [0, 0.05) is 23.5 Å². The first kappa shape index (κ1) is 12.6. The summed E-state index contributed by atoms with van der Waals surface area (Å²) in [5.74, 6) is -1.56. The third-order valence-electron chi connectivity index (χ3n) is 2.51. The molecule has 96 valence electrons. The number of alkyl halides is 3. The first-order valence-corrected chi connectivity index (χ1v) is 5.06. The van der Waals surface area contributed by atoms with Gasteiger partial charge in [-0.25, -0.2) is 8.78 Å². The van der Waals surface area contributed by atoms with Crippen molar-refractivity contribution in [2.45, 2.75) is 12.6 Å². The van der Waals surface area contributed by atoms with Crippen LogP contribution in [-0.2, 0) is 0 Å². The lowest BCUT2D eigenvalue weighted by Crippen LogP contribution is -2.19. The van der Waals surface area contributed by atoms with Gasteiger partial charge in [0.2, 0.25) is 0 Å². The highest BCUT2D eigenvalue weighted by Crippen LogP contribution is 2.31. The molecule has 1 aliphatic heterocycles. The van der Waals surface area contributed by atoms with Crippen molar-refractivity contribution in [2.24, 2.45) is 0 Å². The summed E-state index contributed by atoms with van der Waals surface area (Å²) in [5.41, 5.74) is -0.511. The summed E-state index contributed by atoms with van der Waals surface area (Å²) in [6.45, 7) is 0. The van der Waals surface area contributed by atoms with Gasteiger partial charge in [-0.2, -0.15) is 13.2 Å². The second-order valence-electron chi connectivity index (χ2n) is 3.76. The summed E-state index contributed by atoms with van der Waals surface area (Å²) >= 11 is 0. The van der Waals surface area contributed by atoms with Crippen LogP contribution in [0.15, 0.2) is 36.0 Å². The van der Waals surface area contributed by atoms with Gasteiger partial charge in [-0.15, -0.1) is 0 Å². The molecule has 1 aromatic rings. The molecule has 18 heavy (non-hydrogen) atoms. The second kappa shape index (κ2) is 4.44. The summed E-state index contributed by atoms with van der Waals surface area (Å²) < 4.78 is 63.1. The van der Waals surface area contributed by atoms with E-state index in [9.17, 15) is 22.0 Å². The quantitative estimate of drug-likeness (QED) is 0.759. The number of benzene rings is 1. The van der Waals surface area contributed by atoms with E-state index in [1.54, 1.807) is 0 Å². The van der Waals surface area contributed by atoms with Crippen molar-refractivity contribution < 1.29 is 22.0 Å². The molecule has 0 saturated carbocycles. The van der Waals surface area contributed by atoms with Crippen LogP contribution < -0.4 is 5.32 Å². The van der Waals surface area contributed by atoms with Gasteiger partial charge in [-0.1, -0.05) is 6.08 Å². The minimum atomic E-state index is -4.41. The van der Waals surface area contributed by atoms with Gasteiger partial charge in [0.05, 0.1) is 5.57 Å². The minimum absolute atomic E-state index is 0.0360. The summed E-state index contributed by atoms with van der Waals surface area (Å²) in [4.78, 5) is 0. The summed E-state index contributed by atoms with van der Waals surface area (Å²) in [6.07, 6.45) is -2.74. The normalized spacial score (nSPS) is 15.8. The molecular weight excluding hydrogens is 253 g/mol. The maximum Gasteiger partial charge on any atom is 0.414 e. The zero-order valence-corrected chi connectivity index (χ0v) is 8.98. The van der Waals surface area contributed by atoms with Gasteiger partial charge >= 0.3 is 6.18 Å². The first-order valence-electron chi connectivity index (χ1n) is 5.06. The second-order valence-corrected chi connectivity index (χ2v) is 3.76. The van der Waals surface area contributed by atoms with Crippen LogP contribution in [0.4, 0.5) is 22.0 Å². The fourth-order valence-electron chi connectivity index (χ4n) is 1.59. The van der Waals surface area contributed by atoms with E-state index < -0.39 is 23.4 Å². The van der Waals surface area contributed by atoms with E-state index in [4.69, 9.17) is 0 Å². The van der Waals surface area contributed by atoms with E-state index in [1.807, 2.05) is 0 Å². The Kier molecular flexibility index (Phi) is 3.11. The average molecular weight is 261 g/mol. The standard InChI is InChI=1S/C12H8F5N/c13-8-2-3-9(10(14)5-8)11-4-1-7(6-18-11)12(15,16)17/h2-6,18H,1H2. The topological polar surface area (TPSA) is 12.0 Å². The van der Waals surface area contributed by atoms with Crippen LogP contribution in [-0.4, -0.2) is 6.18 Å². The number of hydrogen-bond donors (Lipinski definition) is 1. The Morgan fingerprint density at radius 1 is 1.11 bits per heavy atom. The molecule has 0 unspecified atom stereocenters. The van der Waals surface area contributed by atoms with E-state index in [0.29, 0.717) is 6.07 Å². The number of nitrogens with one attached hydrogen (secondary N) is 1. The van der Waals surface area contributed by atoms with Crippen LogP contribution in [0.25, 0.3) is 5.70 Å². The Bertz CT molecular complexity index is 528. The molecule has 1 heterocycles. The van der Waals surface area contributed by atoms with Crippen molar-refractivity contribution >= 4 is 5.70 Å². The van der Waals surface area contributed by atoms with Crippen molar-refractivity contribution in [3.63, 3.8) is 0 Å². The Labute approximate surface area is 99.6 Å². The summed E-state index contributed by atoms with van der Waals surface area (Å²) in [7, 11) is 0. The lowest BCUT2D eigenvalue weighted by molar-refractivity contribution is -0.0933. The van der Waals surface area contributed by atoms with Crippen molar-refractivity contribution in [1.82, 2.24) is 5.32 Å². The Balaban J connectivity index is 2.22. The molecule has 0 spiro atoms. The monoisotopic (exact) mass is 261 g/mol. The van der Waals surface area contributed by atoms with Gasteiger partial charge in [0.15, 0.2) is 0 Å². The van der Waals surface area contributed by atoms with Gasteiger partial charge in [-0.3, -0.25) is 0 Å². The third kappa shape index (κ3) is 2.52. The molecule has 0 saturated heterocycles.